The molecule has 0 spiro atoms. The first kappa shape index (κ1) is 11.3. The first-order chi connectivity index (χ1) is 8.25. The Labute approximate surface area is 104 Å². The quantitative estimate of drug-likeness (QED) is 0.743. The van der Waals surface area contributed by atoms with E-state index in [1.165, 1.54) is 56.7 Å². The minimum Gasteiger partial charge on any atom is -0.334 e. The van der Waals surface area contributed by atoms with Gasteiger partial charge in [0.2, 0.25) is 0 Å². The molecule has 94 valence electrons. The number of nitrogens with zero attached hydrogens (tertiary/aromatic N) is 3. The summed E-state index contributed by atoms with van der Waals surface area (Å²) in [5.74, 6) is 1.97. The van der Waals surface area contributed by atoms with Crippen molar-refractivity contribution in [2.75, 3.05) is 13.6 Å². The Morgan fingerprint density at radius 2 is 2.06 bits per heavy atom. The van der Waals surface area contributed by atoms with E-state index in [0.717, 1.165) is 0 Å². The Kier molecular flexibility index (Phi) is 2.95. The number of aryl methyl sites for hydroxylation is 1. The van der Waals surface area contributed by atoms with Gasteiger partial charge in [0.1, 0.15) is 5.82 Å². The van der Waals surface area contributed by atoms with Crippen LogP contribution in [0.4, 0.5) is 0 Å². The second-order valence-corrected chi connectivity index (χ2v) is 5.75. The summed E-state index contributed by atoms with van der Waals surface area (Å²) in [6, 6.07) is 0.564. The summed E-state index contributed by atoms with van der Waals surface area (Å²) in [7, 11) is 2.24. The molecule has 0 radical (unpaired) electrons. The molecule has 0 bridgehead atoms. The predicted octanol–water partition coefficient (Wildman–Crippen LogP) is 2.94. The van der Waals surface area contributed by atoms with Crippen molar-refractivity contribution in [2.24, 2.45) is 0 Å². The number of aromatic nitrogens is 2. The number of hydrogen-bond acceptors (Lipinski definition) is 2. The van der Waals surface area contributed by atoms with Gasteiger partial charge in [-0.3, -0.25) is 4.90 Å². The fraction of sp³-hybridized carbons (Fsp3) is 0.786. The highest BCUT2D eigenvalue weighted by Gasteiger charge is 2.26. The van der Waals surface area contributed by atoms with Crippen molar-refractivity contribution in [3.05, 3.63) is 17.7 Å². The molecular weight excluding hydrogens is 210 g/mol. The molecule has 1 aromatic heterocycles. The molecule has 3 heteroatoms. The zero-order valence-corrected chi connectivity index (χ0v) is 11.0. The van der Waals surface area contributed by atoms with Crippen molar-refractivity contribution in [3.63, 3.8) is 0 Å². The average Bonchev–Trinajstić information content (AvgIpc) is 2.75. The summed E-state index contributed by atoms with van der Waals surface area (Å²) in [5, 5.41) is 0. The van der Waals surface area contributed by atoms with Crippen LogP contribution in [0.15, 0.2) is 6.20 Å². The molecule has 17 heavy (non-hydrogen) atoms. The van der Waals surface area contributed by atoms with E-state index in [4.69, 9.17) is 4.98 Å². The maximum Gasteiger partial charge on any atom is 0.111 e. The highest BCUT2D eigenvalue weighted by Crippen LogP contribution is 2.32. The average molecular weight is 233 g/mol. The summed E-state index contributed by atoms with van der Waals surface area (Å²) < 4.78 is 2.39. The maximum absolute atomic E-state index is 4.93. The van der Waals surface area contributed by atoms with Gasteiger partial charge in [-0.2, -0.15) is 0 Å². The topological polar surface area (TPSA) is 21.1 Å². The van der Waals surface area contributed by atoms with Crippen LogP contribution in [0.3, 0.4) is 0 Å². The summed E-state index contributed by atoms with van der Waals surface area (Å²) in [6.45, 7) is 4.71. The number of imidazole rings is 1. The molecule has 2 unspecified atom stereocenters. The van der Waals surface area contributed by atoms with E-state index in [9.17, 15) is 0 Å². The van der Waals surface area contributed by atoms with Crippen molar-refractivity contribution < 1.29 is 0 Å². The van der Waals surface area contributed by atoms with E-state index in [2.05, 4.69) is 29.6 Å². The summed E-state index contributed by atoms with van der Waals surface area (Å²) in [6.07, 6.45) is 8.91. The molecule has 0 amide bonds. The maximum atomic E-state index is 4.93. The molecule has 1 fully saturated rings. The van der Waals surface area contributed by atoms with E-state index in [0.29, 0.717) is 12.0 Å². The van der Waals surface area contributed by atoms with E-state index in [1.807, 2.05) is 0 Å². The Morgan fingerprint density at radius 1 is 1.18 bits per heavy atom. The number of piperidine rings is 1. The van der Waals surface area contributed by atoms with Gasteiger partial charge < -0.3 is 4.57 Å². The monoisotopic (exact) mass is 233 g/mol. The largest absolute Gasteiger partial charge is 0.334 e. The van der Waals surface area contributed by atoms with Gasteiger partial charge in [-0.25, -0.2) is 4.98 Å². The number of rotatable bonds is 1. The lowest BCUT2D eigenvalue weighted by molar-refractivity contribution is 0.184. The van der Waals surface area contributed by atoms with Crippen molar-refractivity contribution in [1.29, 1.82) is 0 Å². The zero-order chi connectivity index (χ0) is 11.8. The normalized spacial score (nSPS) is 30.2. The van der Waals surface area contributed by atoms with Crippen molar-refractivity contribution in [3.8, 4) is 0 Å². The van der Waals surface area contributed by atoms with Gasteiger partial charge in [-0.05, 0) is 39.3 Å². The lowest BCUT2D eigenvalue weighted by atomic mass is 10.0. The van der Waals surface area contributed by atoms with E-state index < -0.39 is 0 Å². The van der Waals surface area contributed by atoms with Crippen LogP contribution in [0.1, 0.15) is 62.5 Å². The summed E-state index contributed by atoms with van der Waals surface area (Å²) in [4.78, 5) is 7.40. The number of fused-ring (bicyclic) bond motifs is 1. The third-order valence-electron chi connectivity index (χ3n) is 4.41. The van der Waals surface area contributed by atoms with Crippen LogP contribution < -0.4 is 0 Å². The molecular formula is C14H23N3. The highest BCUT2D eigenvalue weighted by molar-refractivity contribution is 5.13. The third kappa shape index (κ3) is 2.01. The van der Waals surface area contributed by atoms with Crippen LogP contribution in [0, 0.1) is 0 Å². The Morgan fingerprint density at radius 3 is 2.82 bits per heavy atom. The summed E-state index contributed by atoms with van der Waals surface area (Å²) in [5.41, 5.74) is 1.32. The Hall–Kier alpha value is -0.830. The van der Waals surface area contributed by atoms with Crippen LogP contribution in [0.25, 0.3) is 0 Å². The fourth-order valence-corrected chi connectivity index (χ4v) is 3.33. The predicted molar refractivity (Wildman–Crippen MR) is 69.1 cm³/mol. The van der Waals surface area contributed by atoms with E-state index in [1.54, 1.807) is 0 Å². The van der Waals surface area contributed by atoms with E-state index in [-0.39, 0.29) is 0 Å². The standard InChI is InChI=1S/C14H23N3/c1-11-6-5-9-17-10-12(15-14(11)17)13-7-3-4-8-16(13)2/h10-11,13H,3-9H2,1-2H3. The third-order valence-corrected chi connectivity index (χ3v) is 4.41. The molecule has 2 atom stereocenters. The van der Waals surface area contributed by atoms with Crippen LogP contribution in [-0.4, -0.2) is 28.0 Å². The van der Waals surface area contributed by atoms with Crippen LogP contribution in [0.5, 0.6) is 0 Å². The smallest absolute Gasteiger partial charge is 0.111 e. The van der Waals surface area contributed by atoms with Crippen molar-refractivity contribution >= 4 is 0 Å². The van der Waals surface area contributed by atoms with Crippen LogP contribution >= 0.6 is 0 Å². The molecule has 0 saturated carbocycles. The van der Waals surface area contributed by atoms with Gasteiger partial charge in [0.15, 0.2) is 0 Å². The zero-order valence-electron chi connectivity index (χ0n) is 11.0. The van der Waals surface area contributed by atoms with Gasteiger partial charge in [-0.1, -0.05) is 13.3 Å². The number of likely N-dealkylation sites (tertiary alicyclic amines) is 1. The van der Waals surface area contributed by atoms with Gasteiger partial charge in [0.05, 0.1) is 11.7 Å². The first-order valence-corrected chi connectivity index (χ1v) is 7.03. The molecule has 3 heterocycles. The van der Waals surface area contributed by atoms with Crippen molar-refractivity contribution in [1.82, 2.24) is 14.5 Å². The highest BCUT2D eigenvalue weighted by atomic mass is 15.2. The molecule has 0 N–H and O–H groups in total. The van der Waals surface area contributed by atoms with Gasteiger partial charge in [-0.15, -0.1) is 0 Å². The molecule has 1 aromatic rings. The van der Waals surface area contributed by atoms with Gasteiger partial charge >= 0.3 is 0 Å². The second-order valence-electron chi connectivity index (χ2n) is 5.75. The van der Waals surface area contributed by atoms with Gasteiger partial charge in [0, 0.05) is 18.7 Å². The Bertz CT molecular complexity index is 396. The van der Waals surface area contributed by atoms with E-state index >= 15 is 0 Å². The molecule has 1 saturated heterocycles. The molecule has 3 nitrogen and oxygen atoms in total. The van der Waals surface area contributed by atoms with Crippen molar-refractivity contribution in [2.45, 2.75) is 57.5 Å². The van der Waals surface area contributed by atoms with Gasteiger partial charge in [0.25, 0.3) is 0 Å². The fourth-order valence-electron chi connectivity index (χ4n) is 3.33. The molecule has 2 aliphatic heterocycles. The molecule has 3 rings (SSSR count). The first-order valence-electron chi connectivity index (χ1n) is 7.03. The van der Waals surface area contributed by atoms with Crippen LogP contribution in [0.2, 0.25) is 0 Å². The lowest BCUT2D eigenvalue weighted by Crippen LogP contribution is -2.29. The minimum absolute atomic E-state index is 0.564. The Balaban J connectivity index is 1.88. The molecule has 0 aliphatic carbocycles. The SMILES string of the molecule is CC1CCCn2cc(C3CCCCN3C)nc21. The second kappa shape index (κ2) is 4.45. The molecule has 2 aliphatic rings. The molecule has 0 aromatic carbocycles. The lowest BCUT2D eigenvalue weighted by Gasteiger charge is -2.31. The van der Waals surface area contributed by atoms with Crippen LogP contribution in [-0.2, 0) is 6.54 Å². The minimum atomic E-state index is 0.564. The summed E-state index contributed by atoms with van der Waals surface area (Å²) >= 11 is 0. The number of hydrogen-bond donors (Lipinski definition) is 0.